The zero-order valence-corrected chi connectivity index (χ0v) is 17.1. The number of thiazole rings is 1. The van der Waals surface area contributed by atoms with Gasteiger partial charge in [-0.2, -0.15) is 9.30 Å². The number of piperidine rings is 1. The molecule has 10 heteroatoms. The number of sulfonamides is 1. The molecule has 0 radical (unpaired) electrons. The first-order chi connectivity index (χ1) is 12.3. The number of rotatable bonds is 3. The summed E-state index contributed by atoms with van der Waals surface area (Å²) in [6.45, 7) is 0.457. The highest BCUT2D eigenvalue weighted by molar-refractivity contribution is 7.89. The highest BCUT2D eigenvalue weighted by Crippen LogP contribution is 2.33. The van der Waals surface area contributed by atoms with Crippen LogP contribution in [0, 0.1) is 5.92 Å². The number of aryl methyl sites for hydroxylation is 1. The molecular weight excluding hydrogens is 417 g/mol. The molecule has 6 nitrogen and oxygen atoms in total. The Balaban J connectivity index is 1.74. The van der Waals surface area contributed by atoms with Crippen molar-refractivity contribution in [2.45, 2.75) is 17.7 Å². The average molecular weight is 434 g/mol. The summed E-state index contributed by atoms with van der Waals surface area (Å²) in [6.07, 6.45) is 2.66. The second kappa shape index (κ2) is 7.82. The molecule has 0 atom stereocenters. The second-order valence-corrected chi connectivity index (χ2v) is 9.54. The standard InChI is InChI=1S/C16H17Cl2N3O3S2/c1-20-9-10-25-16(20)19-15(22)11-5-7-21(8-6-11)26(23,24)14-12(17)3-2-4-13(14)18/h2-4,9-11H,5-8H2,1H3. The summed E-state index contributed by atoms with van der Waals surface area (Å²) in [7, 11) is -1.98. The summed E-state index contributed by atoms with van der Waals surface area (Å²) in [6, 6.07) is 4.59. The number of nitrogens with zero attached hydrogens (tertiary/aromatic N) is 3. The molecule has 1 amide bonds. The van der Waals surface area contributed by atoms with Crippen LogP contribution in [-0.4, -0.2) is 36.3 Å². The van der Waals surface area contributed by atoms with Crippen molar-refractivity contribution in [3.8, 4) is 0 Å². The zero-order chi connectivity index (χ0) is 18.9. The largest absolute Gasteiger partial charge is 0.327 e. The molecule has 26 heavy (non-hydrogen) atoms. The molecule has 1 aromatic heterocycles. The molecule has 3 rings (SSSR count). The molecule has 1 aromatic carbocycles. The third kappa shape index (κ3) is 3.89. The van der Waals surface area contributed by atoms with Crippen LogP contribution in [0.1, 0.15) is 12.8 Å². The van der Waals surface area contributed by atoms with Crippen molar-refractivity contribution in [2.24, 2.45) is 18.0 Å². The smallest absolute Gasteiger partial charge is 0.251 e. The monoisotopic (exact) mass is 433 g/mol. The summed E-state index contributed by atoms with van der Waals surface area (Å²) in [5, 5.41) is 2.04. The molecular formula is C16H17Cl2N3O3S2. The first-order valence-corrected chi connectivity index (χ1v) is 11.0. The van der Waals surface area contributed by atoms with Gasteiger partial charge in [-0.05, 0) is 25.0 Å². The van der Waals surface area contributed by atoms with Gasteiger partial charge in [0.1, 0.15) is 4.90 Å². The maximum atomic E-state index is 12.9. The van der Waals surface area contributed by atoms with Gasteiger partial charge >= 0.3 is 0 Å². The molecule has 2 aromatic rings. The van der Waals surface area contributed by atoms with Gasteiger partial charge in [0.25, 0.3) is 5.91 Å². The van der Waals surface area contributed by atoms with Gasteiger partial charge in [-0.3, -0.25) is 4.79 Å². The fourth-order valence-electron chi connectivity index (χ4n) is 2.82. The fourth-order valence-corrected chi connectivity index (χ4v) is 6.12. The summed E-state index contributed by atoms with van der Waals surface area (Å²) in [5.74, 6) is -0.499. The van der Waals surface area contributed by atoms with Gasteiger partial charge in [-0.1, -0.05) is 29.3 Å². The van der Waals surface area contributed by atoms with E-state index in [2.05, 4.69) is 4.99 Å². The van der Waals surface area contributed by atoms with Crippen LogP contribution < -0.4 is 4.80 Å². The highest BCUT2D eigenvalue weighted by Gasteiger charge is 2.34. The van der Waals surface area contributed by atoms with Crippen LogP contribution in [0.3, 0.4) is 0 Å². The van der Waals surface area contributed by atoms with Crippen molar-refractivity contribution in [1.82, 2.24) is 8.87 Å². The maximum absolute atomic E-state index is 12.9. The summed E-state index contributed by atoms with van der Waals surface area (Å²) >= 11 is 13.5. The Kier molecular flexibility index (Phi) is 5.88. The summed E-state index contributed by atoms with van der Waals surface area (Å²) < 4.78 is 28.8. The Morgan fingerprint density at radius 1 is 1.23 bits per heavy atom. The fraction of sp³-hybridized carbons (Fsp3) is 0.375. The van der Waals surface area contributed by atoms with Gasteiger partial charge in [-0.15, -0.1) is 11.3 Å². The van der Waals surface area contributed by atoms with Crippen molar-refractivity contribution in [1.29, 1.82) is 0 Å². The van der Waals surface area contributed by atoms with E-state index in [1.807, 2.05) is 18.6 Å². The third-order valence-electron chi connectivity index (χ3n) is 4.29. The lowest BCUT2D eigenvalue weighted by Crippen LogP contribution is -2.40. The SMILES string of the molecule is Cn1ccsc1=NC(=O)C1CCN(S(=O)(=O)c2c(Cl)cccc2Cl)CC1. The molecule has 0 N–H and O–H groups in total. The molecule has 1 aliphatic heterocycles. The van der Waals surface area contributed by atoms with Crippen LogP contribution >= 0.6 is 34.5 Å². The Hall–Kier alpha value is -1.19. The van der Waals surface area contributed by atoms with Crippen molar-refractivity contribution in [2.75, 3.05) is 13.1 Å². The number of hydrogen-bond donors (Lipinski definition) is 0. The van der Waals surface area contributed by atoms with Gasteiger partial charge in [0, 0.05) is 37.6 Å². The first kappa shape index (κ1) is 19.6. The number of amides is 1. The molecule has 140 valence electrons. The summed E-state index contributed by atoms with van der Waals surface area (Å²) in [4.78, 5) is 17.1. The van der Waals surface area contributed by atoms with Crippen molar-refractivity contribution >= 4 is 50.5 Å². The van der Waals surface area contributed by atoms with Crippen molar-refractivity contribution in [3.63, 3.8) is 0 Å². The van der Waals surface area contributed by atoms with Gasteiger partial charge in [0.05, 0.1) is 10.0 Å². The third-order valence-corrected chi connectivity index (χ3v) is 7.99. The number of halogens is 2. The highest BCUT2D eigenvalue weighted by atomic mass is 35.5. The Labute approximate surface area is 165 Å². The maximum Gasteiger partial charge on any atom is 0.251 e. The number of benzene rings is 1. The van der Waals surface area contributed by atoms with Gasteiger partial charge < -0.3 is 4.57 Å². The molecule has 0 spiro atoms. The lowest BCUT2D eigenvalue weighted by atomic mass is 9.98. The normalized spacial score (nSPS) is 17.6. The quantitative estimate of drug-likeness (QED) is 0.746. The van der Waals surface area contributed by atoms with E-state index in [1.54, 1.807) is 10.6 Å². The van der Waals surface area contributed by atoms with E-state index in [9.17, 15) is 13.2 Å². The predicted molar refractivity (Wildman–Crippen MR) is 102 cm³/mol. The lowest BCUT2D eigenvalue weighted by Gasteiger charge is -2.30. The first-order valence-electron chi connectivity index (χ1n) is 7.93. The van der Waals surface area contributed by atoms with Crippen molar-refractivity contribution < 1.29 is 13.2 Å². The van der Waals surface area contributed by atoms with Crippen LogP contribution in [0.2, 0.25) is 10.0 Å². The van der Waals surface area contributed by atoms with Crippen molar-refractivity contribution in [3.05, 3.63) is 44.6 Å². The van der Waals surface area contributed by atoms with Crippen LogP contribution in [-0.2, 0) is 21.9 Å². The average Bonchev–Trinajstić information content (AvgIpc) is 2.99. The van der Waals surface area contributed by atoms with Crippen LogP contribution in [0.4, 0.5) is 0 Å². The van der Waals surface area contributed by atoms with E-state index in [0.717, 1.165) is 0 Å². The lowest BCUT2D eigenvalue weighted by molar-refractivity contribution is -0.122. The molecule has 1 fully saturated rings. The van der Waals surface area contributed by atoms with E-state index in [1.165, 1.54) is 27.8 Å². The van der Waals surface area contributed by atoms with E-state index in [4.69, 9.17) is 23.2 Å². The molecule has 1 saturated heterocycles. The van der Waals surface area contributed by atoms with Gasteiger partial charge in [0.2, 0.25) is 10.0 Å². The topological polar surface area (TPSA) is 71.7 Å². The molecule has 2 heterocycles. The zero-order valence-electron chi connectivity index (χ0n) is 13.9. The summed E-state index contributed by atoms with van der Waals surface area (Å²) in [5.41, 5.74) is 0. The van der Waals surface area contributed by atoms with Crippen LogP contribution in [0.25, 0.3) is 0 Å². The number of carbonyl (C=O) groups is 1. The molecule has 1 aliphatic rings. The Morgan fingerprint density at radius 2 is 1.85 bits per heavy atom. The minimum absolute atomic E-state index is 0.0802. The molecule has 0 saturated carbocycles. The van der Waals surface area contributed by atoms with Crippen LogP contribution in [0.15, 0.2) is 39.7 Å². The number of aromatic nitrogens is 1. The van der Waals surface area contributed by atoms with E-state index >= 15 is 0 Å². The van der Waals surface area contributed by atoms with E-state index in [0.29, 0.717) is 17.6 Å². The van der Waals surface area contributed by atoms with E-state index in [-0.39, 0.29) is 39.9 Å². The Bertz CT molecular complexity index is 970. The van der Waals surface area contributed by atoms with Gasteiger partial charge in [-0.25, -0.2) is 8.42 Å². The van der Waals surface area contributed by atoms with Gasteiger partial charge in [0.15, 0.2) is 4.80 Å². The Morgan fingerprint density at radius 3 is 2.38 bits per heavy atom. The minimum Gasteiger partial charge on any atom is -0.327 e. The van der Waals surface area contributed by atoms with E-state index < -0.39 is 10.0 Å². The second-order valence-electron chi connectivity index (χ2n) is 5.98. The molecule has 0 unspecified atom stereocenters. The molecule has 0 bridgehead atoms. The predicted octanol–water partition coefficient (Wildman–Crippen LogP) is 2.92. The minimum atomic E-state index is -3.80. The molecule has 0 aliphatic carbocycles. The number of carbonyl (C=O) groups excluding carboxylic acids is 1. The number of hydrogen-bond acceptors (Lipinski definition) is 4. The van der Waals surface area contributed by atoms with Crippen LogP contribution in [0.5, 0.6) is 0 Å².